The molecule has 0 rings (SSSR count). The van der Waals surface area contributed by atoms with Crippen molar-refractivity contribution < 1.29 is 20.0 Å². The van der Waals surface area contributed by atoms with Gasteiger partial charge in [0.15, 0.2) is 0 Å². The minimum atomic E-state index is -0.684. The zero-order valence-corrected chi connectivity index (χ0v) is 13.7. The van der Waals surface area contributed by atoms with Crippen LogP contribution in [0.4, 0.5) is 0 Å². The fourth-order valence-electron chi connectivity index (χ4n) is 2.16. The molecule has 0 aromatic carbocycles. The molecule has 2 N–H and O–H groups in total. The highest BCUT2D eigenvalue weighted by Gasteiger charge is 1.95. The fraction of sp³-hybridized carbons (Fsp3) is 0.722. The number of allylic oxidation sites excluding steroid dienone is 4. The van der Waals surface area contributed by atoms with Crippen molar-refractivity contribution in [3.8, 4) is 0 Å². The van der Waals surface area contributed by atoms with E-state index in [1.165, 1.54) is 12.8 Å². The Bertz CT molecular complexity index is 297. The predicted molar refractivity (Wildman–Crippen MR) is 89.9 cm³/mol. The van der Waals surface area contributed by atoms with Crippen molar-refractivity contribution in [2.24, 2.45) is 0 Å². The van der Waals surface area contributed by atoms with E-state index < -0.39 is 5.97 Å². The average Bonchev–Trinajstić information content (AvgIpc) is 2.50. The van der Waals surface area contributed by atoms with Gasteiger partial charge >= 0.3 is 5.97 Å². The monoisotopic (exact) mass is 312 g/mol. The fourth-order valence-corrected chi connectivity index (χ4v) is 2.16. The van der Waals surface area contributed by atoms with Gasteiger partial charge in [0.2, 0.25) is 0 Å². The SMILES string of the molecule is O=C(O)CCCCCCC/C=C\CC/C=C/CCCCOO. The van der Waals surface area contributed by atoms with Gasteiger partial charge in [0.05, 0.1) is 6.61 Å². The highest BCUT2D eigenvalue weighted by molar-refractivity contribution is 5.66. The van der Waals surface area contributed by atoms with Gasteiger partial charge < -0.3 is 5.11 Å². The Morgan fingerprint density at radius 2 is 1.23 bits per heavy atom. The third-order valence-corrected chi connectivity index (χ3v) is 3.45. The van der Waals surface area contributed by atoms with Crippen molar-refractivity contribution in [2.75, 3.05) is 6.61 Å². The number of carboxylic acid groups (broad SMARTS) is 1. The molecule has 0 saturated heterocycles. The summed E-state index contributed by atoms with van der Waals surface area (Å²) in [6, 6.07) is 0. The van der Waals surface area contributed by atoms with Crippen LogP contribution in [0.1, 0.15) is 77.0 Å². The van der Waals surface area contributed by atoms with Crippen LogP contribution in [0, 0.1) is 0 Å². The molecule has 128 valence electrons. The van der Waals surface area contributed by atoms with E-state index in [0.717, 1.165) is 57.8 Å². The number of unbranched alkanes of at least 4 members (excludes halogenated alkanes) is 8. The molecule has 4 nitrogen and oxygen atoms in total. The van der Waals surface area contributed by atoms with E-state index in [2.05, 4.69) is 29.2 Å². The largest absolute Gasteiger partial charge is 0.481 e. The van der Waals surface area contributed by atoms with Crippen molar-refractivity contribution >= 4 is 5.97 Å². The predicted octanol–water partition coefficient (Wildman–Crippen LogP) is 5.35. The molecular formula is C18H32O4. The van der Waals surface area contributed by atoms with Crippen LogP contribution in [0.15, 0.2) is 24.3 Å². The Hall–Kier alpha value is -1.13. The molecule has 0 fully saturated rings. The van der Waals surface area contributed by atoms with E-state index in [4.69, 9.17) is 10.4 Å². The maximum absolute atomic E-state index is 10.3. The molecular weight excluding hydrogens is 280 g/mol. The lowest BCUT2D eigenvalue weighted by Gasteiger charge is -1.98. The van der Waals surface area contributed by atoms with Crippen LogP contribution in [0.2, 0.25) is 0 Å². The van der Waals surface area contributed by atoms with Crippen LogP contribution < -0.4 is 0 Å². The van der Waals surface area contributed by atoms with Crippen molar-refractivity contribution in [1.82, 2.24) is 0 Å². The minimum Gasteiger partial charge on any atom is -0.481 e. The molecule has 22 heavy (non-hydrogen) atoms. The van der Waals surface area contributed by atoms with Crippen molar-refractivity contribution in [2.45, 2.75) is 77.0 Å². The van der Waals surface area contributed by atoms with Gasteiger partial charge in [0.1, 0.15) is 0 Å². The van der Waals surface area contributed by atoms with Crippen LogP contribution in [-0.2, 0) is 9.68 Å². The molecule has 0 radical (unpaired) electrons. The highest BCUT2D eigenvalue weighted by atomic mass is 17.1. The van der Waals surface area contributed by atoms with Gasteiger partial charge in [-0.15, -0.1) is 0 Å². The van der Waals surface area contributed by atoms with E-state index in [-0.39, 0.29) is 0 Å². The van der Waals surface area contributed by atoms with Gasteiger partial charge in [-0.25, -0.2) is 4.89 Å². The molecule has 0 spiro atoms. The number of aliphatic carboxylic acids is 1. The molecule has 4 heteroatoms. The zero-order chi connectivity index (χ0) is 16.3. The molecule has 0 aliphatic rings. The van der Waals surface area contributed by atoms with Gasteiger partial charge in [0, 0.05) is 6.42 Å². The number of rotatable bonds is 16. The summed E-state index contributed by atoms with van der Waals surface area (Å²) < 4.78 is 0. The summed E-state index contributed by atoms with van der Waals surface area (Å²) in [6.07, 6.45) is 20.9. The summed E-state index contributed by atoms with van der Waals surface area (Å²) in [6.45, 7) is 0.427. The molecule has 0 bridgehead atoms. The second-order valence-electron chi connectivity index (χ2n) is 5.55. The summed E-state index contributed by atoms with van der Waals surface area (Å²) >= 11 is 0. The lowest BCUT2D eigenvalue weighted by atomic mass is 10.1. The van der Waals surface area contributed by atoms with Crippen LogP contribution >= 0.6 is 0 Å². The van der Waals surface area contributed by atoms with Crippen LogP contribution in [-0.4, -0.2) is 22.9 Å². The molecule has 0 aromatic heterocycles. The van der Waals surface area contributed by atoms with E-state index in [0.29, 0.717) is 13.0 Å². The molecule has 0 amide bonds. The third-order valence-electron chi connectivity index (χ3n) is 3.45. The first-order valence-corrected chi connectivity index (χ1v) is 8.55. The lowest BCUT2D eigenvalue weighted by molar-refractivity contribution is -0.242. The molecule has 0 heterocycles. The summed E-state index contributed by atoms with van der Waals surface area (Å²) in [5.41, 5.74) is 0. The Kier molecular flexibility index (Phi) is 17.0. The van der Waals surface area contributed by atoms with Crippen LogP contribution in [0.5, 0.6) is 0 Å². The quantitative estimate of drug-likeness (QED) is 0.174. The van der Waals surface area contributed by atoms with E-state index in [1.807, 2.05) is 0 Å². The first kappa shape index (κ1) is 20.9. The molecule has 0 aliphatic carbocycles. The number of carbonyl (C=O) groups is 1. The summed E-state index contributed by atoms with van der Waals surface area (Å²) in [5.74, 6) is -0.684. The maximum Gasteiger partial charge on any atom is 0.303 e. The number of hydrogen-bond donors (Lipinski definition) is 2. The number of carboxylic acids is 1. The Labute approximate surface area is 134 Å². The van der Waals surface area contributed by atoms with E-state index in [1.54, 1.807) is 0 Å². The Morgan fingerprint density at radius 1 is 0.727 bits per heavy atom. The van der Waals surface area contributed by atoms with Crippen LogP contribution in [0.3, 0.4) is 0 Å². The third kappa shape index (κ3) is 18.9. The van der Waals surface area contributed by atoms with E-state index >= 15 is 0 Å². The topological polar surface area (TPSA) is 66.8 Å². The second kappa shape index (κ2) is 17.9. The van der Waals surface area contributed by atoms with Crippen molar-refractivity contribution in [1.29, 1.82) is 0 Å². The molecule has 0 aliphatic heterocycles. The Balaban J connectivity index is 3.17. The van der Waals surface area contributed by atoms with Gasteiger partial charge in [-0.3, -0.25) is 10.1 Å². The van der Waals surface area contributed by atoms with E-state index in [9.17, 15) is 4.79 Å². The molecule has 0 atom stereocenters. The average molecular weight is 312 g/mol. The maximum atomic E-state index is 10.3. The molecule has 0 saturated carbocycles. The zero-order valence-electron chi connectivity index (χ0n) is 13.7. The molecule has 0 unspecified atom stereocenters. The van der Waals surface area contributed by atoms with Gasteiger partial charge in [0.25, 0.3) is 0 Å². The first-order chi connectivity index (χ1) is 10.8. The van der Waals surface area contributed by atoms with Crippen LogP contribution in [0.25, 0.3) is 0 Å². The standard InChI is InChI=1S/C18H32O4/c19-18(20)16-14-12-10-8-6-4-2-1-3-5-7-9-11-13-15-17-22-21/h1-2,7,9,21H,3-6,8,10-17H2,(H,19,20)/b2-1-,9-7+. The Morgan fingerprint density at radius 3 is 1.82 bits per heavy atom. The summed E-state index contributed by atoms with van der Waals surface area (Å²) in [4.78, 5) is 14.3. The number of hydrogen-bond acceptors (Lipinski definition) is 3. The normalized spacial score (nSPS) is 11.7. The summed E-state index contributed by atoms with van der Waals surface area (Å²) in [5, 5.41) is 16.7. The van der Waals surface area contributed by atoms with Gasteiger partial charge in [-0.2, -0.15) is 0 Å². The highest BCUT2D eigenvalue weighted by Crippen LogP contribution is 2.08. The van der Waals surface area contributed by atoms with Gasteiger partial charge in [-0.05, 0) is 51.4 Å². The minimum absolute atomic E-state index is 0.308. The molecule has 0 aromatic rings. The van der Waals surface area contributed by atoms with Gasteiger partial charge in [-0.1, -0.05) is 43.6 Å². The smallest absolute Gasteiger partial charge is 0.303 e. The second-order valence-corrected chi connectivity index (χ2v) is 5.55. The lowest BCUT2D eigenvalue weighted by Crippen LogP contribution is -1.93. The van der Waals surface area contributed by atoms with Crippen molar-refractivity contribution in [3.05, 3.63) is 24.3 Å². The first-order valence-electron chi connectivity index (χ1n) is 8.55. The summed E-state index contributed by atoms with van der Waals surface area (Å²) in [7, 11) is 0. The van der Waals surface area contributed by atoms with Crippen molar-refractivity contribution in [3.63, 3.8) is 0 Å².